The molecule has 10 heteroatoms. The zero-order valence-corrected chi connectivity index (χ0v) is 17.2. The van der Waals surface area contributed by atoms with Crippen LogP contribution in [-0.4, -0.2) is 65.4 Å². The summed E-state index contributed by atoms with van der Waals surface area (Å²) in [5.74, 6) is 0.283. The number of carbonyl (C=O) groups is 3. The van der Waals surface area contributed by atoms with Gasteiger partial charge < -0.3 is 9.47 Å². The van der Waals surface area contributed by atoms with Crippen molar-refractivity contribution in [1.29, 1.82) is 0 Å². The van der Waals surface area contributed by atoms with Gasteiger partial charge in [-0.05, 0) is 26.0 Å². The number of rotatable bonds is 5. The molecule has 1 aromatic heterocycles. The second-order valence-corrected chi connectivity index (χ2v) is 6.93. The highest BCUT2D eigenvalue weighted by Gasteiger charge is 2.53. The summed E-state index contributed by atoms with van der Waals surface area (Å²) in [7, 11) is 2.74. The van der Waals surface area contributed by atoms with E-state index in [9.17, 15) is 14.4 Å². The number of hydrogen-bond acceptors (Lipinski definition) is 6. The molecule has 2 aliphatic rings. The summed E-state index contributed by atoms with van der Waals surface area (Å²) in [5.41, 5.74) is 1.62. The summed E-state index contributed by atoms with van der Waals surface area (Å²) in [4.78, 5) is 44.3. The van der Waals surface area contributed by atoms with Crippen LogP contribution in [0, 0.1) is 6.92 Å². The quantitative estimate of drug-likeness (QED) is 0.542. The zero-order valence-electron chi connectivity index (χ0n) is 17.2. The van der Waals surface area contributed by atoms with Crippen LogP contribution in [0.2, 0.25) is 0 Å². The van der Waals surface area contributed by atoms with Crippen LogP contribution in [0.3, 0.4) is 0 Å². The summed E-state index contributed by atoms with van der Waals surface area (Å²) in [5, 5.41) is 0. The summed E-state index contributed by atoms with van der Waals surface area (Å²) < 4.78 is 14.0. The fourth-order valence-electron chi connectivity index (χ4n) is 3.74. The third-order valence-electron chi connectivity index (χ3n) is 5.13. The molecule has 1 aromatic carbocycles. The standard InChI is InChI=1S/C20H22N5O5/c1-5-30-14-9-7-6-8-13(14)25-12(2)10-23-16-17(21-19(23)25)22(3)20(28)24(18(16)27)11-15(26)29-4/h6-10,16H,5,11H2,1-4H3/q+1. The number of carbonyl (C=O) groups excluding carboxylic acids is 3. The third kappa shape index (κ3) is 2.83. The SMILES string of the molecule is CCOc1ccccc1-n1c(C)c[n+]2c1N=C1C2C(=O)N(CC(=O)OC)C(=O)N1C. The molecule has 0 saturated carbocycles. The van der Waals surface area contributed by atoms with Crippen molar-refractivity contribution in [1.82, 2.24) is 14.4 Å². The van der Waals surface area contributed by atoms with Gasteiger partial charge in [0.05, 0.1) is 13.7 Å². The van der Waals surface area contributed by atoms with E-state index < -0.39 is 30.5 Å². The molecule has 4 rings (SSSR count). The Kier molecular flexibility index (Phi) is 4.76. The molecule has 1 unspecified atom stereocenters. The van der Waals surface area contributed by atoms with Gasteiger partial charge in [-0.1, -0.05) is 17.1 Å². The highest BCUT2D eigenvalue weighted by atomic mass is 16.5. The van der Waals surface area contributed by atoms with Crippen LogP contribution in [0.15, 0.2) is 35.5 Å². The number of methoxy groups -OCH3 is 1. The van der Waals surface area contributed by atoms with Gasteiger partial charge in [0.1, 0.15) is 24.1 Å². The van der Waals surface area contributed by atoms with Crippen LogP contribution in [0.5, 0.6) is 5.75 Å². The maximum absolute atomic E-state index is 13.1. The molecule has 3 amide bonds. The van der Waals surface area contributed by atoms with E-state index >= 15 is 0 Å². The molecule has 2 aliphatic heterocycles. The first-order chi connectivity index (χ1) is 14.4. The van der Waals surface area contributed by atoms with E-state index in [4.69, 9.17) is 4.74 Å². The number of aliphatic imine (C=N–C) groups is 1. The Bertz CT molecular complexity index is 1090. The lowest BCUT2D eigenvalue weighted by atomic mass is 10.1. The topological polar surface area (TPSA) is 97.3 Å². The Labute approximate surface area is 172 Å². The van der Waals surface area contributed by atoms with E-state index in [1.54, 1.807) is 10.8 Å². The number of nitrogens with zero attached hydrogens (tertiary/aromatic N) is 5. The highest BCUT2D eigenvalue weighted by Crippen LogP contribution is 2.33. The van der Waals surface area contributed by atoms with Gasteiger partial charge in [0, 0.05) is 7.05 Å². The van der Waals surface area contributed by atoms with E-state index in [1.165, 1.54) is 19.1 Å². The minimum atomic E-state index is -0.841. The number of imide groups is 1. The molecule has 1 atom stereocenters. The van der Waals surface area contributed by atoms with Crippen molar-refractivity contribution in [3.63, 3.8) is 0 Å². The number of amides is 3. The van der Waals surface area contributed by atoms with E-state index in [0.29, 0.717) is 24.1 Å². The molecule has 0 aliphatic carbocycles. The van der Waals surface area contributed by atoms with E-state index in [0.717, 1.165) is 16.3 Å². The second kappa shape index (κ2) is 7.29. The predicted molar refractivity (Wildman–Crippen MR) is 105 cm³/mol. The van der Waals surface area contributed by atoms with Crippen LogP contribution in [0.1, 0.15) is 18.7 Å². The van der Waals surface area contributed by atoms with Crippen LogP contribution in [0.4, 0.5) is 10.7 Å². The van der Waals surface area contributed by atoms with Gasteiger partial charge in [-0.15, -0.1) is 0 Å². The Hall–Kier alpha value is -3.69. The first kappa shape index (κ1) is 19.6. The summed E-state index contributed by atoms with van der Waals surface area (Å²) in [6.45, 7) is 3.85. The lowest BCUT2D eigenvalue weighted by Crippen LogP contribution is -2.63. The number of aryl methyl sites for hydroxylation is 1. The van der Waals surface area contributed by atoms with Crippen molar-refractivity contribution in [3.8, 4) is 11.4 Å². The molecule has 10 nitrogen and oxygen atoms in total. The molecule has 1 saturated heterocycles. The molecule has 0 bridgehead atoms. The molecule has 2 aromatic rings. The third-order valence-corrected chi connectivity index (χ3v) is 5.13. The van der Waals surface area contributed by atoms with Crippen LogP contribution in [0.25, 0.3) is 5.69 Å². The van der Waals surface area contributed by atoms with Gasteiger partial charge in [0.25, 0.3) is 5.91 Å². The van der Waals surface area contributed by atoms with Crippen LogP contribution >= 0.6 is 0 Å². The van der Waals surface area contributed by atoms with Crippen molar-refractivity contribution in [2.24, 2.45) is 4.99 Å². The van der Waals surface area contributed by atoms with Crippen LogP contribution < -0.4 is 9.30 Å². The smallest absolute Gasteiger partial charge is 0.407 e. The zero-order chi connectivity index (χ0) is 21.6. The summed E-state index contributed by atoms with van der Waals surface area (Å²) >= 11 is 0. The van der Waals surface area contributed by atoms with E-state index in [-0.39, 0.29) is 0 Å². The molecule has 0 N–H and O–H groups in total. The van der Waals surface area contributed by atoms with E-state index in [2.05, 4.69) is 9.73 Å². The van der Waals surface area contributed by atoms with E-state index in [1.807, 2.05) is 42.7 Å². The lowest BCUT2D eigenvalue weighted by Gasteiger charge is -2.32. The lowest BCUT2D eigenvalue weighted by molar-refractivity contribution is -0.676. The van der Waals surface area contributed by atoms with Gasteiger partial charge in [0.2, 0.25) is 11.9 Å². The number of fused-ring (bicyclic) bond motifs is 3. The number of para-hydroxylation sites is 2. The molecule has 0 spiro atoms. The predicted octanol–water partition coefficient (Wildman–Crippen LogP) is 1.12. The van der Waals surface area contributed by atoms with Crippen molar-refractivity contribution in [2.75, 3.05) is 27.3 Å². The number of aromatic nitrogens is 2. The van der Waals surface area contributed by atoms with Gasteiger partial charge in [-0.2, -0.15) is 4.57 Å². The fourth-order valence-corrected chi connectivity index (χ4v) is 3.74. The Morgan fingerprint density at radius 3 is 2.70 bits per heavy atom. The Morgan fingerprint density at radius 2 is 2.00 bits per heavy atom. The molecular weight excluding hydrogens is 390 g/mol. The first-order valence-corrected chi connectivity index (χ1v) is 9.49. The number of esters is 1. The van der Waals surface area contributed by atoms with Crippen molar-refractivity contribution in [2.45, 2.75) is 19.9 Å². The summed E-state index contributed by atoms with van der Waals surface area (Å²) in [6.07, 6.45) is 1.80. The molecule has 0 radical (unpaired) electrons. The van der Waals surface area contributed by atoms with Crippen molar-refractivity contribution < 1.29 is 28.4 Å². The van der Waals surface area contributed by atoms with Gasteiger partial charge in [-0.3, -0.25) is 14.5 Å². The fraction of sp³-hybridized carbons (Fsp3) is 0.350. The molecule has 3 heterocycles. The average Bonchev–Trinajstić information content (AvgIpc) is 3.24. The van der Waals surface area contributed by atoms with Gasteiger partial charge in [-0.25, -0.2) is 14.3 Å². The number of likely N-dealkylation sites (N-methyl/N-ethyl adjacent to an activating group) is 1. The first-order valence-electron chi connectivity index (χ1n) is 9.49. The monoisotopic (exact) mass is 412 g/mol. The largest absolute Gasteiger partial charge is 0.490 e. The normalized spacial score (nSPS) is 17.6. The average molecular weight is 412 g/mol. The van der Waals surface area contributed by atoms with Crippen LogP contribution in [-0.2, 0) is 14.3 Å². The molecule has 30 heavy (non-hydrogen) atoms. The number of amidine groups is 1. The van der Waals surface area contributed by atoms with Crippen molar-refractivity contribution in [3.05, 3.63) is 36.2 Å². The molecular formula is C20H22N5O5+. The van der Waals surface area contributed by atoms with Gasteiger partial charge >= 0.3 is 17.9 Å². The minimum Gasteiger partial charge on any atom is -0.490 e. The minimum absolute atomic E-state index is 0.309. The van der Waals surface area contributed by atoms with Gasteiger partial charge in [0.15, 0.2) is 5.75 Å². The molecule has 156 valence electrons. The number of hydrogen-bond donors (Lipinski definition) is 0. The summed E-state index contributed by atoms with van der Waals surface area (Å²) in [6, 6.07) is 6.08. The molecule has 1 fully saturated rings. The van der Waals surface area contributed by atoms with Crippen molar-refractivity contribution >= 4 is 29.7 Å². The number of imidazole rings is 1. The maximum atomic E-state index is 13.1. The Morgan fingerprint density at radius 1 is 1.27 bits per heavy atom. The second-order valence-electron chi connectivity index (χ2n) is 6.93. The number of benzene rings is 1. The maximum Gasteiger partial charge on any atom is 0.407 e. The number of urea groups is 1. The number of ether oxygens (including phenoxy) is 2. The Balaban J connectivity index is 1.82. The highest BCUT2D eigenvalue weighted by molar-refractivity contribution is 6.19.